The van der Waals surface area contributed by atoms with Crippen LogP contribution in [-0.2, 0) is 0 Å². The van der Waals surface area contributed by atoms with Gasteiger partial charge in [-0.25, -0.2) is 4.39 Å². The van der Waals surface area contributed by atoms with Crippen LogP contribution >= 0.6 is 27.3 Å². The lowest BCUT2D eigenvalue weighted by molar-refractivity contribution is 0.435. The Balaban J connectivity index is 2.26. The van der Waals surface area contributed by atoms with Gasteiger partial charge in [-0.05, 0) is 45.5 Å². The minimum Gasteiger partial charge on any atom is -0.427 e. The van der Waals surface area contributed by atoms with Crippen molar-refractivity contribution < 1.29 is 9.13 Å². The van der Waals surface area contributed by atoms with E-state index >= 15 is 0 Å². The van der Waals surface area contributed by atoms with Crippen molar-refractivity contribution >= 4 is 27.3 Å². The van der Waals surface area contributed by atoms with Crippen LogP contribution in [0.5, 0.6) is 10.9 Å². The highest BCUT2D eigenvalue weighted by molar-refractivity contribution is 9.11. The lowest BCUT2D eigenvalue weighted by Gasteiger charge is -2.01. The van der Waals surface area contributed by atoms with Gasteiger partial charge in [-0.3, -0.25) is 0 Å². The van der Waals surface area contributed by atoms with E-state index in [1.54, 1.807) is 0 Å². The van der Waals surface area contributed by atoms with E-state index in [-0.39, 0.29) is 16.5 Å². The van der Waals surface area contributed by atoms with Gasteiger partial charge in [0.1, 0.15) is 0 Å². The number of benzene rings is 1. The Morgan fingerprint density at radius 2 is 2.25 bits per heavy atom. The number of halogens is 2. The summed E-state index contributed by atoms with van der Waals surface area (Å²) in [6.45, 7) is 0. The highest BCUT2D eigenvalue weighted by atomic mass is 79.9. The van der Waals surface area contributed by atoms with Crippen LogP contribution < -0.4 is 4.74 Å². The largest absolute Gasteiger partial charge is 0.427 e. The number of aromatic nitrogens is 2. The fourth-order valence-corrected chi connectivity index (χ4v) is 1.92. The normalized spacial score (nSPS) is 9.81. The summed E-state index contributed by atoms with van der Waals surface area (Å²) in [5.41, 5.74) is 0.239. The molecule has 2 aromatic rings. The van der Waals surface area contributed by atoms with Crippen molar-refractivity contribution in [1.82, 2.24) is 10.2 Å². The summed E-state index contributed by atoms with van der Waals surface area (Å²) in [6, 6.07) is 5.78. The highest BCUT2D eigenvalue weighted by Crippen LogP contribution is 2.29. The van der Waals surface area contributed by atoms with Gasteiger partial charge in [0.2, 0.25) is 0 Å². The lowest BCUT2D eigenvalue weighted by Crippen LogP contribution is -1.88. The molecule has 0 saturated carbocycles. The van der Waals surface area contributed by atoms with Crippen LogP contribution in [0, 0.1) is 17.1 Å². The first-order chi connectivity index (χ1) is 7.69. The second kappa shape index (κ2) is 4.55. The van der Waals surface area contributed by atoms with Gasteiger partial charge >= 0.3 is 0 Å². The maximum atomic E-state index is 13.4. The second-order valence-corrected chi connectivity index (χ2v) is 4.90. The fourth-order valence-electron chi connectivity index (χ4n) is 0.981. The third-order valence-electron chi connectivity index (χ3n) is 1.64. The Morgan fingerprint density at radius 1 is 1.44 bits per heavy atom. The minimum atomic E-state index is -0.606. The summed E-state index contributed by atoms with van der Waals surface area (Å²) in [5, 5.41) is 16.1. The molecule has 0 amide bonds. The monoisotopic (exact) mass is 299 g/mol. The zero-order chi connectivity index (χ0) is 11.5. The van der Waals surface area contributed by atoms with Gasteiger partial charge in [0.15, 0.2) is 15.5 Å². The molecule has 0 bridgehead atoms. The number of ether oxygens (including phenoxy) is 1. The molecular weight excluding hydrogens is 297 g/mol. The first kappa shape index (κ1) is 11.0. The molecule has 80 valence electrons. The third-order valence-corrected chi connectivity index (χ3v) is 2.87. The van der Waals surface area contributed by atoms with Crippen molar-refractivity contribution in [2.45, 2.75) is 0 Å². The SMILES string of the molecule is N#Cc1ccc(Oc2nnc(Br)s2)c(F)c1. The summed E-state index contributed by atoms with van der Waals surface area (Å²) in [6.07, 6.45) is 0. The van der Waals surface area contributed by atoms with Gasteiger partial charge in [0.05, 0.1) is 11.6 Å². The molecule has 0 saturated heterocycles. The molecule has 0 aliphatic carbocycles. The van der Waals surface area contributed by atoms with Gasteiger partial charge in [-0.1, -0.05) is 5.10 Å². The molecule has 1 aromatic carbocycles. The van der Waals surface area contributed by atoms with Crippen LogP contribution in [0.25, 0.3) is 0 Å². The molecule has 1 heterocycles. The molecule has 1 aromatic heterocycles. The zero-order valence-electron chi connectivity index (χ0n) is 7.65. The maximum Gasteiger partial charge on any atom is 0.300 e. The van der Waals surface area contributed by atoms with Crippen LogP contribution in [0.2, 0.25) is 0 Å². The molecule has 0 N–H and O–H groups in total. The van der Waals surface area contributed by atoms with E-state index in [0.717, 1.165) is 17.4 Å². The predicted molar refractivity (Wildman–Crippen MR) is 58.8 cm³/mol. The van der Waals surface area contributed by atoms with Gasteiger partial charge in [0.25, 0.3) is 5.19 Å². The number of nitrogens with zero attached hydrogens (tertiary/aromatic N) is 3. The van der Waals surface area contributed by atoms with Crippen LogP contribution in [0.15, 0.2) is 22.1 Å². The molecule has 0 aliphatic rings. The van der Waals surface area contributed by atoms with Crippen molar-refractivity contribution in [3.63, 3.8) is 0 Å². The second-order valence-electron chi connectivity index (χ2n) is 2.68. The van der Waals surface area contributed by atoms with Crippen molar-refractivity contribution in [1.29, 1.82) is 5.26 Å². The average molecular weight is 300 g/mol. The molecule has 7 heteroatoms. The number of rotatable bonds is 2. The molecule has 0 fully saturated rings. The molecule has 16 heavy (non-hydrogen) atoms. The molecule has 0 radical (unpaired) electrons. The minimum absolute atomic E-state index is 0.0163. The Hall–Kier alpha value is -1.52. The standard InChI is InChI=1S/C9H3BrFN3OS/c10-8-13-14-9(16-8)15-7-2-1-5(4-12)3-6(7)11/h1-3H. The highest BCUT2D eigenvalue weighted by Gasteiger charge is 2.09. The quantitative estimate of drug-likeness (QED) is 0.855. The van der Waals surface area contributed by atoms with Crippen molar-refractivity contribution in [2.24, 2.45) is 0 Å². The Labute approximate surface area is 102 Å². The number of hydrogen-bond donors (Lipinski definition) is 0. The molecule has 0 spiro atoms. The van der Waals surface area contributed by atoms with E-state index in [1.165, 1.54) is 12.1 Å². The summed E-state index contributed by atoms with van der Waals surface area (Å²) >= 11 is 4.26. The number of hydrogen-bond acceptors (Lipinski definition) is 5. The molecule has 0 aliphatic heterocycles. The van der Waals surface area contributed by atoms with Crippen molar-refractivity contribution in [3.05, 3.63) is 33.5 Å². The van der Waals surface area contributed by atoms with Crippen LogP contribution in [0.4, 0.5) is 4.39 Å². The summed E-state index contributed by atoms with van der Waals surface area (Å²) in [7, 11) is 0. The maximum absolute atomic E-state index is 13.4. The average Bonchev–Trinajstić information content (AvgIpc) is 2.67. The molecular formula is C9H3BrFN3OS. The van der Waals surface area contributed by atoms with Crippen LogP contribution in [0.3, 0.4) is 0 Å². The van der Waals surface area contributed by atoms with E-state index in [0.29, 0.717) is 3.92 Å². The van der Waals surface area contributed by atoms with Gasteiger partial charge < -0.3 is 4.74 Å². The topological polar surface area (TPSA) is 58.8 Å². The zero-order valence-corrected chi connectivity index (χ0v) is 10.0. The Kier molecular flexibility index (Phi) is 3.12. The summed E-state index contributed by atoms with van der Waals surface area (Å²) in [5.74, 6) is -0.590. The summed E-state index contributed by atoms with van der Waals surface area (Å²) in [4.78, 5) is 0. The Bertz CT molecular complexity index is 566. The summed E-state index contributed by atoms with van der Waals surface area (Å²) < 4.78 is 19.1. The van der Waals surface area contributed by atoms with Crippen LogP contribution in [-0.4, -0.2) is 10.2 Å². The fraction of sp³-hybridized carbons (Fsp3) is 0. The van der Waals surface area contributed by atoms with E-state index in [4.69, 9.17) is 10.00 Å². The Morgan fingerprint density at radius 3 is 2.81 bits per heavy atom. The lowest BCUT2D eigenvalue weighted by atomic mass is 10.2. The van der Waals surface area contributed by atoms with Gasteiger partial charge in [-0.15, -0.1) is 5.10 Å². The number of nitriles is 1. The van der Waals surface area contributed by atoms with Crippen molar-refractivity contribution in [3.8, 4) is 17.0 Å². The molecule has 0 atom stereocenters. The third kappa shape index (κ3) is 2.35. The first-order valence-corrected chi connectivity index (χ1v) is 5.66. The molecule has 0 unspecified atom stereocenters. The van der Waals surface area contributed by atoms with E-state index < -0.39 is 5.82 Å². The van der Waals surface area contributed by atoms with Gasteiger partial charge in [-0.2, -0.15) is 5.26 Å². The van der Waals surface area contributed by atoms with E-state index in [2.05, 4.69) is 26.1 Å². The smallest absolute Gasteiger partial charge is 0.300 e. The predicted octanol–water partition coefficient (Wildman–Crippen LogP) is 3.10. The van der Waals surface area contributed by atoms with E-state index in [1.807, 2.05) is 6.07 Å². The molecule has 2 rings (SSSR count). The van der Waals surface area contributed by atoms with E-state index in [9.17, 15) is 4.39 Å². The molecule has 4 nitrogen and oxygen atoms in total. The van der Waals surface area contributed by atoms with Crippen molar-refractivity contribution in [2.75, 3.05) is 0 Å². The first-order valence-electron chi connectivity index (χ1n) is 4.05. The van der Waals surface area contributed by atoms with Crippen LogP contribution in [0.1, 0.15) is 5.56 Å². The van der Waals surface area contributed by atoms with Gasteiger partial charge in [0, 0.05) is 0 Å².